The summed E-state index contributed by atoms with van der Waals surface area (Å²) < 4.78 is 1.63. The SMILES string of the molecule is CC(C)CNC(=O)CCNc1nccn(C(C)(C)C)c1=O. The van der Waals surface area contributed by atoms with Crippen LogP contribution in [0.25, 0.3) is 0 Å². The highest BCUT2D eigenvalue weighted by molar-refractivity contribution is 5.76. The third kappa shape index (κ3) is 5.57. The maximum absolute atomic E-state index is 12.2. The summed E-state index contributed by atoms with van der Waals surface area (Å²) in [6, 6.07) is 0. The Balaban J connectivity index is 2.57. The van der Waals surface area contributed by atoms with Crippen LogP contribution in [0.2, 0.25) is 0 Å². The molecule has 21 heavy (non-hydrogen) atoms. The van der Waals surface area contributed by atoms with Gasteiger partial charge in [-0.2, -0.15) is 0 Å². The van der Waals surface area contributed by atoms with E-state index in [4.69, 9.17) is 0 Å². The van der Waals surface area contributed by atoms with E-state index in [-0.39, 0.29) is 22.8 Å². The van der Waals surface area contributed by atoms with Crippen molar-refractivity contribution in [2.75, 3.05) is 18.4 Å². The molecular formula is C15H26N4O2. The number of aromatic nitrogens is 2. The summed E-state index contributed by atoms with van der Waals surface area (Å²) in [6.45, 7) is 11.0. The minimum atomic E-state index is -0.301. The Morgan fingerprint density at radius 3 is 2.62 bits per heavy atom. The molecule has 2 N–H and O–H groups in total. The van der Waals surface area contributed by atoms with Gasteiger partial charge in [0.2, 0.25) is 5.91 Å². The van der Waals surface area contributed by atoms with E-state index in [1.54, 1.807) is 17.0 Å². The van der Waals surface area contributed by atoms with Crippen molar-refractivity contribution in [1.29, 1.82) is 0 Å². The minimum Gasteiger partial charge on any atom is -0.365 e. The molecular weight excluding hydrogens is 268 g/mol. The number of carbonyl (C=O) groups is 1. The largest absolute Gasteiger partial charge is 0.365 e. The molecule has 0 aliphatic heterocycles. The zero-order chi connectivity index (χ0) is 16.0. The van der Waals surface area contributed by atoms with Crippen molar-refractivity contribution in [3.05, 3.63) is 22.7 Å². The van der Waals surface area contributed by atoms with E-state index < -0.39 is 0 Å². The lowest BCUT2D eigenvalue weighted by Gasteiger charge is -2.22. The lowest BCUT2D eigenvalue weighted by atomic mass is 10.1. The highest BCUT2D eigenvalue weighted by atomic mass is 16.1. The van der Waals surface area contributed by atoms with Gasteiger partial charge in [0.05, 0.1) is 0 Å². The average molecular weight is 294 g/mol. The van der Waals surface area contributed by atoms with E-state index in [0.29, 0.717) is 25.4 Å². The fraction of sp³-hybridized carbons (Fsp3) is 0.667. The van der Waals surface area contributed by atoms with E-state index in [1.165, 1.54) is 0 Å². The molecule has 0 saturated heterocycles. The lowest BCUT2D eigenvalue weighted by molar-refractivity contribution is -0.120. The maximum atomic E-state index is 12.2. The molecule has 0 spiro atoms. The number of rotatable bonds is 6. The van der Waals surface area contributed by atoms with Crippen molar-refractivity contribution in [3.63, 3.8) is 0 Å². The zero-order valence-corrected chi connectivity index (χ0v) is 13.6. The topological polar surface area (TPSA) is 76.0 Å². The first-order valence-corrected chi connectivity index (χ1v) is 7.30. The molecule has 118 valence electrons. The van der Waals surface area contributed by atoms with Crippen molar-refractivity contribution in [1.82, 2.24) is 14.9 Å². The fourth-order valence-corrected chi connectivity index (χ4v) is 1.76. The third-order valence-corrected chi connectivity index (χ3v) is 2.92. The van der Waals surface area contributed by atoms with E-state index in [0.717, 1.165) is 0 Å². The fourth-order valence-electron chi connectivity index (χ4n) is 1.76. The first-order valence-electron chi connectivity index (χ1n) is 7.30. The molecule has 6 nitrogen and oxygen atoms in total. The smallest absolute Gasteiger partial charge is 0.293 e. The van der Waals surface area contributed by atoms with Crippen molar-refractivity contribution in [2.45, 2.75) is 46.6 Å². The molecule has 1 aromatic rings. The summed E-state index contributed by atoms with van der Waals surface area (Å²) in [7, 11) is 0. The molecule has 6 heteroatoms. The van der Waals surface area contributed by atoms with Gasteiger partial charge in [-0.05, 0) is 26.7 Å². The highest BCUT2D eigenvalue weighted by Crippen LogP contribution is 2.10. The van der Waals surface area contributed by atoms with Crippen LogP contribution in [0.1, 0.15) is 41.0 Å². The van der Waals surface area contributed by atoms with Gasteiger partial charge in [-0.3, -0.25) is 9.59 Å². The van der Waals surface area contributed by atoms with Gasteiger partial charge >= 0.3 is 0 Å². The van der Waals surface area contributed by atoms with E-state index in [1.807, 2.05) is 34.6 Å². The predicted octanol–water partition coefficient (Wildman–Crippen LogP) is 1.57. The van der Waals surface area contributed by atoms with Crippen molar-refractivity contribution in [3.8, 4) is 0 Å². The van der Waals surface area contributed by atoms with Gasteiger partial charge in [0, 0.05) is 37.4 Å². The second kappa shape index (κ2) is 7.24. The number of anilines is 1. The Labute approximate surface area is 126 Å². The van der Waals surface area contributed by atoms with Crippen LogP contribution in [-0.2, 0) is 10.3 Å². The van der Waals surface area contributed by atoms with Crippen molar-refractivity contribution < 1.29 is 4.79 Å². The number of hydrogen-bond donors (Lipinski definition) is 2. The second-order valence-corrected chi connectivity index (χ2v) is 6.50. The van der Waals surface area contributed by atoms with E-state index in [2.05, 4.69) is 15.6 Å². The third-order valence-electron chi connectivity index (χ3n) is 2.92. The summed E-state index contributed by atoms with van der Waals surface area (Å²) in [5.74, 6) is 0.684. The van der Waals surface area contributed by atoms with Crippen LogP contribution in [0, 0.1) is 5.92 Å². The summed E-state index contributed by atoms with van der Waals surface area (Å²) in [5, 5.41) is 5.77. The summed E-state index contributed by atoms with van der Waals surface area (Å²) >= 11 is 0. The molecule has 0 saturated carbocycles. The van der Waals surface area contributed by atoms with Crippen LogP contribution >= 0.6 is 0 Å². The average Bonchev–Trinajstić information content (AvgIpc) is 2.37. The Hall–Kier alpha value is -1.85. The number of amides is 1. The Kier molecular flexibility index (Phi) is 5.93. The first kappa shape index (κ1) is 17.2. The molecule has 1 heterocycles. The summed E-state index contributed by atoms with van der Waals surface area (Å²) in [4.78, 5) is 27.9. The molecule has 0 aliphatic rings. The summed E-state index contributed by atoms with van der Waals surface area (Å²) in [6.07, 6.45) is 3.58. The van der Waals surface area contributed by atoms with Crippen LogP contribution in [0.3, 0.4) is 0 Å². The molecule has 1 amide bonds. The van der Waals surface area contributed by atoms with Gasteiger partial charge in [0.1, 0.15) is 0 Å². The molecule has 0 unspecified atom stereocenters. The number of hydrogen-bond acceptors (Lipinski definition) is 4. The van der Waals surface area contributed by atoms with E-state index >= 15 is 0 Å². The zero-order valence-electron chi connectivity index (χ0n) is 13.6. The van der Waals surface area contributed by atoms with Crippen LogP contribution in [-0.4, -0.2) is 28.5 Å². The Bertz CT molecular complexity index is 529. The Morgan fingerprint density at radius 2 is 2.05 bits per heavy atom. The van der Waals surface area contributed by atoms with Gasteiger partial charge < -0.3 is 15.2 Å². The number of nitrogens with zero attached hydrogens (tertiary/aromatic N) is 2. The molecule has 0 aromatic carbocycles. The van der Waals surface area contributed by atoms with Crippen LogP contribution in [0.15, 0.2) is 17.2 Å². The monoisotopic (exact) mass is 294 g/mol. The maximum Gasteiger partial charge on any atom is 0.293 e. The molecule has 0 fully saturated rings. The van der Waals surface area contributed by atoms with Gasteiger partial charge in [0.25, 0.3) is 5.56 Å². The van der Waals surface area contributed by atoms with Crippen LogP contribution in [0.5, 0.6) is 0 Å². The van der Waals surface area contributed by atoms with Crippen molar-refractivity contribution >= 4 is 11.7 Å². The minimum absolute atomic E-state index is 0.0247. The quantitative estimate of drug-likeness (QED) is 0.835. The number of carbonyl (C=O) groups excluding carboxylic acids is 1. The molecule has 0 bridgehead atoms. The molecule has 0 radical (unpaired) electrons. The molecule has 0 atom stereocenters. The molecule has 1 aromatic heterocycles. The predicted molar refractivity (Wildman–Crippen MR) is 84.4 cm³/mol. The number of nitrogens with one attached hydrogen (secondary N) is 2. The van der Waals surface area contributed by atoms with Gasteiger partial charge in [-0.1, -0.05) is 13.8 Å². The Morgan fingerprint density at radius 1 is 1.38 bits per heavy atom. The van der Waals surface area contributed by atoms with E-state index in [9.17, 15) is 9.59 Å². The molecule has 1 rings (SSSR count). The van der Waals surface area contributed by atoms with Gasteiger partial charge in [0.15, 0.2) is 5.82 Å². The van der Waals surface area contributed by atoms with Gasteiger partial charge in [-0.25, -0.2) is 4.98 Å². The van der Waals surface area contributed by atoms with Crippen LogP contribution < -0.4 is 16.2 Å². The van der Waals surface area contributed by atoms with Crippen molar-refractivity contribution in [2.24, 2.45) is 5.92 Å². The van der Waals surface area contributed by atoms with Crippen LogP contribution in [0.4, 0.5) is 5.82 Å². The standard InChI is InChI=1S/C15H26N4O2/c1-11(2)10-18-12(20)6-7-16-13-14(21)19(9-8-17-13)15(3,4)5/h8-9,11H,6-7,10H2,1-5H3,(H,16,17)(H,18,20). The summed E-state index contributed by atoms with van der Waals surface area (Å²) in [5.41, 5.74) is -0.474. The lowest BCUT2D eigenvalue weighted by Crippen LogP contribution is -2.35. The first-order chi connectivity index (χ1) is 9.71. The molecule has 0 aliphatic carbocycles. The normalized spacial score (nSPS) is 11.5. The van der Waals surface area contributed by atoms with Gasteiger partial charge in [-0.15, -0.1) is 0 Å². The highest BCUT2D eigenvalue weighted by Gasteiger charge is 2.16. The second-order valence-electron chi connectivity index (χ2n) is 6.50.